The lowest BCUT2D eigenvalue weighted by molar-refractivity contribution is -0.137. The number of rotatable bonds is 5. The molecule has 0 aromatic heterocycles. The second-order valence-corrected chi connectivity index (χ2v) is 6.78. The number of amides is 3. The van der Waals surface area contributed by atoms with E-state index in [1.165, 1.54) is 4.90 Å². The minimum atomic E-state index is -4.45. The van der Waals surface area contributed by atoms with Gasteiger partial charge < -0.3 is 15.1 Å². The summed E-state index contributed by atoms with van der Waals surface area (Å²) in [6.07, 6.45) is -3.76. The van der Waals surface area contributed by atoms with Crippen molar-refractivity contribution in [2.24, 2.45) is 5.92 Å². The Morgan fingerprint density at radius 2 is 1.57 bits per heavy atom. The fourth-order valence-electron chi connectivity index (χ4n) is 2.78. The Balaban J connectivity index is 1.85. The van der Waals surface area contributed by atoms with Crippen LogP contribution in [0.2, 0.25) is 0 Å². The predicted molar refractivity (Wildman–Crippen MR) is 96.4 cm³/mol. The van der Waals surface area contributed by atoms with Gasteiger partial charge in [0.1, 0.15) is 0 Å². The number of benzene rings is 1. The third-order valence-electron chi connectivity index (χ3n) is 4.85. The van der Waals surface area contributed by atoms with E-state index in [0.717, 1.165) is 24.3 Å². The summed E-state index contributed by atoms with van der Waals surface area (Å²) in [6, 6.07) is 4.08. The van der Waals surface area contributed by atoms with Crippen molar-refractivity contribution >= 4 is 17.7 Å². The molecule has 1 saturated heterocycles. The summed E-state index contributed by atoms with van der Waals surface area (Å²) >= 11 is 0. The van der Waals surface area contributed by atoms with Crippen LogP contribution in [0, 0.1) is 5.92 Å². The minimum absolute atomic E-state index is 0.0873. The molecular weight excluding hydrogens is 375 g/mol. The number of nitrogens with one attached hydrogen (secondary N) is 1. The Kier molecular flexibility index (Phi) is 7.04. The summed E-state index contributed by atoms with van der Waals surface area (Å²) in [5.41, 5.74) is -0.632. The first kappa shape index (κ1) is 21.7. The lowest BCUT2D eigenvalue weighted by Gasteiger charge is -2.35. The molecule has 1 unspecified atom stereocenters. The van der Waals surface area contributed by atoms with Crippen molar-refractivity contribution in [2.45, 2.75) is 26.4 Å². The fourth-order valence-corrected chi connectivity index (χ4v) is 2.78. The monoisotopic (exact) mass is 399 g/mol. The molecule has 1 fully saturated rings. The van der Waals surface area contributed by atoms with Gasteiger partial charge in [0, 0.05) is 37.7 Å². The van der Waals surface area contributed by atoms with Crippen molar-refractivity contribution < 1.29 is 27.6 Å². The Hall–Kier alpha value is -2.58. The topological polar surface area (TPSA) is 69.7 Å². The van der Waals surface area contributed by atoms with Gasteiger partial charge in [-0.2, -0.15) is 13.2 Å². The maximum absolute atomic E-state index is 12.6. The largest absolute Gasteiger partial charge is 0.416 e. The molecule has 0 radical (unpaired) electrons. The molecule has 0 spiro atoms. The van der Waals surface area contributed by atoms with E-state index in [4.69, 9.17) is 0 Å². The van der Waals surface area contributed by atoms with Crippen molar-refractivity contribution in [3.8, 4) is 0 Å². The van der Waals surface area contributed by atoms with Gasteiger partial charge in [0.2, 0.25) is 11.8 Å². The fraction of sp³-hybridized carbons (Fsp3) is 0.526. The quantitative estimate of drug-likeness (QED) is 0.825. The van der Waals surface area contributed by atoms with Crippen molar-refractivity contribution in [1.82, 2.24) is 15.1 Å². The number of hydrogen-bond donors (Lipinski definition) is 1. The average molecular weight is 399 g/mol. The number of halogens is 3. The maximum atomic E-state index is 12.6. The number of hydrogen-bond acceptors (Lipinski definition) is 3. The molecule has 0 aliphatic carbocycles. The lowest BCUT2D eigenvalue weighted by Crippen LogP contribution is -2.52. The van der Waals surface area contributed by atoms with Crippen molar-refractivity contribution in [3.63, 3.8) is 0 Å². The van der Waals surface area contributed by atoms with Gasteiger partial charge in [-0.25, -0.2) is 0 Å². The smallest absolute Gasteiger partial charge is 0.347 e. The van der Waals surface area contributed by atoms with Gasteiger partial charge in [0.15, 0.2) is 0 Å². The number of piperazine rings is 1. The van der Waals surface area contributed by atoms with E-state index in [-0.39, 0.29) is 48.8 Å². The lowest BCUT2D eigenvalue weighted by atomic mass is 10.1. The average Bonchev–Trinajstić information content (AvgIpc) is 2.70. The first-order chi connectivity index (χ1) is 13.1. The Labute approximate surface area is 161 Å². The predicted octanol–water partition coefficient (Wildman–Crippen LogP) is 2.15. The van der Waals surface area contributed by atoms with Gasteiger partial charge >= 0.3 is 6.18 Å². The highest BCUT2D eigenvalue weighted by Crippen LogP contribution is 2.29. The van der Waals surface area contributed by atoms with Gasteiger partial charge in [-0.3, -0.25) is 14.4 Å². The van der Waals surface area contributed by atoms with E-state index in [1.807, 2.05) is 6.92 Å². The maximum Gasteiger partial charge on any atom is 0.416 e. The molecule has 1 aliphatic rings. The molecule has 28 heavy (non-hydrogen) atoms. The van der Waals surface area contributed by atoms with Crippen LogP contribution in [0.15, 0.2) is 24.3 Å². The molecule has 1 aromatic rings. The van der Waals surface area contributed by atoms with Crippen LogP contribution in [0.5, 0.6) is 0 Å². The van der Waals surface area contributed by atoms with Gasteiger partial charge in [-0.15, -0.1) is 0 Å². The first-order valence-corrected chi connectivity index (χ1v) is 9.15. The summed E-state index contributed by atoms with van der Waals surface area (Å²) < 4.78 is 37.8. The number of carbonyl (C=O) groups is 3. The third-order valence-corrected chi connectivity index (χ3v) is 4.85. The summed E-state index contributed by atoms with van der Waals surface area (Å²) in [5, 5.41) is 2.61. The molecule has 1 atom stereocenters. The standard InChI is InChI=1S/C19H24F3N3O3/c1-3-13(2)17(27)23-12-16(26)24-8-10-25(11-9-24)18(28)14-4-6-15(7-5-14)19(20,21)22/h4-7,13H,3,8-12H2,1-2H3,(H,23,27). The Bertz CT molecular complexity index is 711. The van der Waals surface area contributed by atoms with Crippen LogP contribution >= 0.6 is 0 Å². The SMILES string of the molecule is CCC(C)C(=O)NCC(=O)N1CCN(C(=O)c2ccc(C(F)(F)F)cc2)CC1. The van der Waals surface area contributed by atoms with Crippen LogP contribution in [0.1, 0.15) is 36.2 Å². The van der Waals surface area contributed by atoms with Crippen molar-refractivity contribution in [1.29, 1.82) is 0 Å². The molecule has 9 heteroatoms. The van der Waals surface area contributed by atoms with Crippen molar-refractivity contribution in [2.75, 3.05) is 32.7 Å². The van der Waals surface area contributed by atoms with E-state index in [2.05, 4.69) is 5.32 Å². The van der Waals surface area contributed by atoms with E-state index in [0.29, 0.717) is 19.5 Å². The van der Waals surface area contributed by atoms with E-state index < -0.39 is 11.7 Å². The zero-order valence-electron chi connectivity index (χ0n) is 15.9. The summed E-state index contributed by atoms with van der Waals surface area (Å²) in [6.45, 7) is 4.77. The van der Waals surface area contributed by atoms with Gasteiger partial charge in [-0.1, -0.05) is 13.8 Å². The normalized spacial score (nSPS) is 15.9. The highest BCUT2D eigenvalue weighted by molar-refractivity contribution is 5.94. The van der Waals surface area contributed by atoms with E-state index in [1.54, 1.807) is 11.8 Å². The first-order valence-electron chi connectivity index (χ1n) is 9.15. The molecule has 1 N–H and O–H groups in total. The summed E-state index contributed by atoms with van der Waals surface area (Å²) in [7, 11) is 0. The molecule has 0 bridgehead atoms. The van der Waals surface area contributed by atoms with Crippen LogP contribution in [0.25, 0.3) is 0 Å². The minimum Gasteiger partial charge on any atom is -0.347 e. The van der Waals surface area contributed by atoms with Gasteiger partial charge in [0.05, 0.1) is 12.1 Å². The molecule has 1 heterocycles. The van der Waals surface area contributed by atoms with Crippen LogP contribution < -0.4 is 5.32 Å². The van der Waals surface area contributed by atoms with Crippen LogP contribution in [-0.4, -0.2) is 60.2 Å². The third kappa shape index (κ3) is 5.46. The molecule has 3 amide bonds. The van der Waals surface area contributed by atoms with E-state index >= 15 is 0 Å². The van der Waals surface area contributed by atoms with Gasteiger partial charge in [0.25, 0.3) is 5.91 Å². The Morgan fingerprint density at radius 1 is 1.04 bits per heavy atom. The molecule has 0 saturated carbocycles. The second kappa shape index (κ2) is 9.07. The van der Waals surface area contributed by atoms with Crippen LogP contribution in [0.4, 0.5) is 13.2 Å². The van der Waals surface area contributed by atoms with Crippen molar-refractivity contribution in [3.05, 3.63) is 35.4 Å². The van der Waals surface area contributed by atoms with Crippen LogP contribution in [0.3, 0.4) is 0 Å². The van der Waals surface area contributed by atoms with E-state index in [9.17, 15) is 27.6 Å². The molecule has 1 aromatic carbocycles. The highest BCUT2D eigenvalue weighted by atomic mass is 19.4. The Morgan fingerprint density at radius 3 is 2.07 bits per heavy atom. The number of carbonyl (C=O) groups excluding carboxylic acids is 3. The highest BCUT2D eigenvalue weighted by Gasteiger charge is 2.31. The number of nitrogens with zero attached hydrogens (tertiary/aromatic N) is 2. The second-order valence-electron chi connectivity index (χ2n) is 6.78. The molecule has 2 rings (SSSR count). The molecule has 6 nitrogen and oxygen atoms in total. The molecule has 1 aliphatic heterocycles. The number of alkyl halides is 3. The molecule has 154 valence electrons. The summed E-state index contributed by atoms with van der Waals surface area (Å²) in [5.74, 6) is -0.929. The summed E-state index contributed by atoms with van der Waals surface area (Å²) in [4.78, 5) is 39.4. The zero-order valence-corrected chi connectivity index (χ0v) is 15.9. The molecular formula is C19H24F3N3O3. The zero-order chi connectivity index (χ0) is 20.9. The van der Waals surface area contributed by atoms with Crippen LogP contribution in [-0.2, 0) is 15.8 Å². The van der Waals surface area contributed by atoms with Gasteiger partial charge in [-0.05, 0) is 30.7 Å².